The van der Waals surface area contributed by atoms with Gasteiger partial charge in [0.25, 0.3) is 0 Å². The van der Waals surface area contributed by atoms with Gasteiger partial charge in [-0.1, -0.05) is 12.1 Å². The molecule has 3 aromatic rings. The molecule has 154 valence electrons. The average molecular weight is 403 g/mol. The van der Waals surface area contributed by atoms with Gasteiger partial charge in [-0.3, -0.25) is 0 Å². The second kappa shape index (κ2) is 8.06. The highest BCUT2D eigenvalue weighted by atomic mass is 16.5. The Kier molecular flexibility index (Phi) is 5.31. The van der Waals surface area contributed by atoms with Crippen molar-refractivity contribution in [1.82, 2.24) is 19.9 Å². The van der Waals surface area contributed by atoms with Crippen LogP contribution < -0.4 is 9.64 Å². The fourth-order valence-corrected chi connectivity index (χ4v) is 3.50. The fraction of sp³-hybridized carbons (Fsp3) is 0.318. The maximum Gasteiger partial charge on any atom is 0.204 e. The molecular formula is C22H25N7O. The molecule has 0 amide bonds. The Labute approximate surface area is 176 Å². The van der Waals surface area contributed by atoms with E-state index in [2.05, 4.69) is 33.9 Å². The number of hydrogen-bond donors (Lipinski definition) is 0. The van der Waals surface area contributed by atoms with E-state index in [1.165, 1.54) is 4.79 Å². The van der Waals surface area contributed by atoms with Crippen LogP contribution in [0.5, 0.6) is 5.75 Å². The first-order valence-corrected chi connectivity index (χ1v) is 10.0. The SMILES string of the molecule is CCN(CC)c1ccc(/N=C2/C(c3ccccc3OC)=Nn3nc(C)nc32)c(C)n1. The number of hydrogen-bond acceptors (Lipinski definition) is 7. The number of fused-ring (bicyclic) bond motifs is 1. The molecule has 1 aliphatic rings. The van der Waals surface area contributed by atoms with Crippen LogP contribution >= 0.6 is 0 Å². The van der Waals surface area contributed by atoms with Crippen LogP contribution in [0.3, 0.4) is 0 Å². The van der Waals surface area contributed by atoms with Gasteiger partial charge in [-0.2, -0.15) is 0 Å². The summed E-state index contributed by atoms with van der Waals surface area (Å²) >= 11 is 0. The van der Waals surface area contributed by atoms with Crippen molar-refractivity contribution >= 4 is 22.9 Å². The maximum atomic E-state index is 5.54. The summed E-state index contributed by atoms with van der Waals surface area (Å²) in [7, 11) is 1.64. The Morgan fingerprint density at radius 1 is 1.03 bits per heavy atom. The first-order chi connectivity index (χ1) is 14.5. The van der Waals surface area contributed by atoms with Gasteiger partial charge in [-0.25, -0.2) is 15.0 Å². The lowest BCUT2D eigenvalue weighted by Crippen LogP contribution is -2.23. The molecule has 0 unspecified atom stereocenters. The Bertz CT molecular complexity index is 1140. The van der Waals surface area contributed by atoms with Crippen molar-refractivity contribution in [3.8, 4) is 5.75 Å². The summed E-state index contributed by atoms with van der Waals surface area (Å²) in [5.41, 5.74) is 3.79. The summed E-state index contributed by atoms with van der Waals surface area (Å²) in [5, 5.41) is 9.02. The molecule has 0 N–H and O–H groups in total. The van der Waals surface area contributed by atoms with E-state index in [0.29, 0.717) is 23.1 Å². The molecule has 0 saturated heterocycles. The monoisotopic (exact) mass is 403 g/mol. The second-order valence-electron chi connectivity index (χ2n) is 6.93. The summed E-state index contributed by atoms with van der Waals surface area (Å²) in [6.07, 6.45) is 0. The Hall–Kier alpha value is -3.55. The number of benzene rings is 1. The highest BCUT2D eigenvalue weighted by Gasteiger charge is 2.29. The fourth-order valence-electron chi connectivity index (χ4n) is 3.50. The minimum Gasteiger partial charge on any atom is -0.496 e. The maximum absolute atomic E-state index is 5.54. The molecule has 0 saturated carbocycles. The van der Waals surface area contributed by atoms with Crippen molar-refractivity contribution in [1.29, 1.82) is 0 Å². The number of rotatable bonds is 6. The van der Waals surface area contributed by atoms with E-state index in [1.54, 1.807) is 7.11 Å². The summed E-state index contributed by atoms with van der Waals surface area (Å²) in [6, 6.07) is 11.7. The molecule has 0 fully saturated rings. The molecule has 0 spiro atoms. The number of pyridine rings is 1. The van der Waals surface area contributed by atoms with Crippen LogP contribution in [-0.2, 0) is 0 Å². The number of aliphatic imine (C=N–C) groups is 1. The molecular weight excluding hydrogens is 378 g/mol. The quantitative estimate of drug-likeness (QED) is 0.629. The van der Waals surface area contributed by atoms with E-state index < -0.39 is 0 Å². The molecule has 0 radical (unpaired) electrons. The smallest absolute Gasteiger partial charge is 0.204 e. The number of methoxy groups -OCH3 is 1. The number of aromatic nitrogens is 4. The average Bonchev–Trinajstić information content (AvgIpc) is 3.27. The molecule has 30 heavy (non-hydrogen) atoms. The summed E-state index contributed by atoms with van der Waals surface area (Å²) in [4.78, 5) is 18.0. The third-order valence-electron chi connectivity index (χ3n) is 5.05. The topological polar surface area (TPSA) is 80.8 Å². The number of para-hydroxylation sites is 1. The predicted molar refractivity (Wildman–Crippen MR) is 118 cm³/mol. The van der Waals surface area contributed by atoms with Crippen LogP contribution in [0.25, 0.3) is 0 Å². The van der Waals surface area contributed by atoms with Gasteiger partial charge in [0, 0.05) is 18.7 Å². The zero-order valence-electron chi connectivity index (χ0n) is 17.9. The van der Waals surface area contributed by atoms with Crippen LogP contribution in [0.2, 0.25) is 0 Å². The molecule has 2 aromatic heterocycles. The van der Waals surface area contributed by atoms with Gasteiger partial charge in [0.2, 0.25) is 5.82 Å². The Morgan fingerprint density at radius 2 is 1.80 bits per heavy atom. The van der Waals surface area contributed by atoms with Gasteiger partial charge in [-0.05, 0) is 52.0 Å². The van der Waals surface area contributed by atoms with Crippen molar-refractivity contribution in [3.05, 3.63) is 59.3 Å². The molecule has 8 nitrogen and oxygen atoms in total. The molecule has 0 bridgehead atoms. The number of nitrogens with zero attached hydrogens (tertiary/aromatic N) is 7. The zero-order chi connectivity index (χ0) is 21.3. The molecule has 3 heterocycles. The van der Waals surface area contributed by atoms with E-state index in [-0.39, 0.29) is 0 Å². The van der Waals surface area contributed by atoms with Gasteiger partial charge in [0.15, 0.2) is 5.82 Å². The third-order valence-corrected chi connectivity index (χ3v) is 5.05. The van der Waals surface area contributed by atoms with E-state index in [1.807, 2.05) is 50.2 Å². The lowest BCUT2D eigenvalue weighted by Gasteiger charge is -2.20. The minimum absolute atomic E-state index is 0.612. The zero-order valence-corrected chi connectivity index (χ0v) is 17.9. The third kappa shape index (κ3) is 3.45. The van der Waals surface area contributed by atoms with Crippen molar-refractivity contribution in [2.24, 2.45) is 10.1 Å². The van der Waals surface area contributed by atoms with Gasteiger partial charge in [-0.15, -0.1) is 15.0 Å². The lowest BCUT2D eigenvalue weighted by molar-refractivity contribution is 0.414. The van der Waals surface area contributed by atoms with Gasteiger partial charge < -0.3 is 9.64 Å². The summed E-state index contributed by atoms with van der Waals surface area (Å²) < 4.78 is 5.54. The molecule has 0 aliphatic carbocycles. The standard InChI is InChI=1S/C22H25N7O/c1-6-28(7-2)19-13-12-17(14(3)23-19)25-21-20(16-10-8-9-11-18(16)30-5)27-29-22(21)24-15(4)26-29/h8-13H,6-7H2,1-5H3/b25-21-. The highest BCUT2D eigenvalue weighted by Crippen LogP contribution is 2.27. The minimum atomic E-state index is 0.612. The van der Waals surface area contributed by atoms with E-state index in [9.17, 15) is 0 Å². The first-order valence-electron chi connectivity index (χ1n) is 10.0. The number of ether oxygens (including phenoxy) is 1. The Morgan fingerprint density at radius 3 is 2.50 bits per heavy atom. The summed E-state index contributed by atoms with van der Waals surface area (Å²) in [6.45, 7) is 9.87. The van der Waals surface area contributed by atoms with Gasteiger partial charge in [0.1, 0.15) is 23.0 Å². The normalized spacial score (nSPS) is 14.0. The summed E-state index contributed by atoms with van der Waals surface area (Å²) in [5.74, 6) is 2.93. The lowest BCUT2D eigenvalue weighted by atomic mass is 10.0. The van der Waals surface area contributed by atoms with E-state index >= 15 is 0 Å². The van der Waals surface area contributed by atoms with Gasteiger partial charge >= 0.3 is 0 Å². The highest BCUT2D eigenvalue weighted by molar-refractivity contribution is 6.54. The van der Waals surface area contributed by atoms with E-state index in [0.717, 1.165) is 41.6 Å². The van der Waals surface area contributed by atoms with Crippen LogP contribution in [0.1, 0.15) is 36.8 Å². The molecule has 4 rings (SSSR count). The van der Waals surface area contributed by atoms with Crippen molar-refractivity contribution < 1.29 is 4.74 Å². The second-order valence-corrected chi connectivity index (χ2v) is 6.93. The van der Waals surface area contributed by atoms with Crippen LogP contribution in [0.4, 0.5) is 11.5 Å². The number of aryl methyl sites for hydroxylation is 2. The molecule has 0 atom stereocenters. The van der Waals surface area contributed by atoms with E-state index in [4.69, 9.17) is 14.7 Å². The first kappa shape index (κ1) is 19.8. The largest absolute Gasteiger partial charge is 0.496 e. The van der Waals surface area contributed by atoms with Gasteiger partial charge in [0.05, 0.1) is 18.5 Å². The predicted octanol–water partition coefficient (Wildman–Crippen LogP) is 3.53. The molecule has 8 heteroatoms. The molecule has 1 aliphatic heterocycles. The van der Waals surface area contributed by atoms with Crippen molar-refractivity contribution in [2.75, 3.05) is 25.1 Å². The Balaban J connectivity index is 1.82. The number of anilines is 1. The van der Waals surface area contributed by atoms with Crippen LogP contribution in [0.15, 0.2) is 46.5 Å². The molecule has 1 aromatic carbocycles. The van der Waals surface area contributed by atoms with Crippen molar-refractivity contribution in [3.63, 3.8) is 0 Å². The van der Waals surface area contributed by atoms with Crippen LogP contribution in [-0.4, -0.2) is 51.5 Å². The van der Waals surface area contributed by atoms with Crippen LogP contribution in [0, 0.1) is 13.8 Å². The van der Waals surface area contributed by atoms with Crippen molar-refractivity contribution in [2.45, 2.75) is 27.7 Å².